The number of nitrogens with two attached hydrogens (primary N) is 2. The van der Waals surface area contributed by atoms with E-state index in [1.165, 1.54) is 0 Å². The van der Waals surface area contributed by atoms with Crippen molar-refractivity contribution in [2.45, 2.75) is 25.3 Å². The van der Waals surface area contributed by atoms with Crippen LogP contribution < -0.4 is 16.2 Å². The maximum Gasteiger partial charge on any atom is 0.208 e. The van der Waals surface area contributed by atoms with Crippen LogP contribution >= 0.6 is 0 Å². The van der Waals surface area contributed by atoms with Crippen molar-refractivity contribution >= 4 is 10.0 Å². The third-order valence-electron chi connectivity index (χ3n) is 2.64. The van der Waals surface area contributed by atoms with E-state index < -0.39 is 15.6 Å². The topological polar surface area (TPSA) is 98.2 Å². The first-order chi connectivity index (χ1) is 7.22. The average Bonchev–Trinajstić information content (AvgIpc) is 2.10. The maximum atomic E-state index is 10.9. The highest BCUT2D eigenvalue weighted by Crippen LogP contribution is 2.25. The molecule has 0 aliphatic heterocycles. The van der Waals surface area contributed by atoms with Crippen LogP contribution in [0.1, 0.15) is 19.8 Å². The quantitative estimate of drug-likeness (QED) is 0.639. The molecule has 0 aromatic rings. The van der Waals surface area contributed by atoms with Crippen molar-refractivity contribution in [1.82, 2.24) is 4.72 Å². The Morgan fingerprint density at radius 1 is 1.56 bits per heavy atom. The normalized spacial score (nSPS) is 26.2. The Bertz CT molecular complexity index is 425. The molecule has 1 aliphatic carbocycles. The molecule has 0 saturated heterocycles. The van der Waals surface area contributed by atoms with Crippen molar-refractivity contribution in [3.63, 3.8) is 0 Å². The van der Waals surface area contributed by atoms with Gasteiger partial charge in [-0.25, -0.2) is 13.1 Å². The lowest BCUT2D eigenvalue weighted by atomic mass is 9.84. The fourth-order valence-corrected chi connectivity index (χ4v) is 2.17. The van der Waals surface area contributed by atoms with Crippen molar-refractivity contribution in [2.75, 3.05) is 12.8 Å². The van der Waals surface area contributed by atoms with E-state index in [0.29, 0.717) is 19.4 Å². The zero-order valence-corrected chi connectivity index (χ0v) is 10.5. The highest BCUT2D eigenvalue weighted by atomic mass is 32.2. The molecular weight excluding hydrogens is 226 g/mol. The van der Waals surface area contributed by atoms with Gasteiger partial charge in [0, 0.05) is 17.8 Å². The SMILES string of the molecule is CC1=C(N)C=CC(N)(CCNS(C)(=O)=O)C1. The third-order valence-corrected chi connectivity index (χ3v) is 3.37. The summed E-state index contributed by atoms with van der Waals surface area (Å²) >= 11 is 0. The summed E-state index contributed by atoms with van der Waals surface area (Å²) in [5.74, 6) is 0. The molecule has 1 rings (SSSR count). The van der Waals surface area contributed by atoms with Crippen LogP contribution in [0.3, 0.4) is 0 Å². The van der Waals surface area contributed by atoms with E-state index >= 15 is 0 Å². The molecule has 0 aromatic heterocycles. The molecule has 92 valence electrons. The van der Waals surface area contributed by atoms with E-state index in [4.69, 9.17) is 11.5 Å². The number of sulfonamides is 1. The van der Waals surface area contributed by atoms with Crippen LogP contribution in [0.25, 0.3) is 0 Å². The molecule has 0 radical (unpaired) electrons. The van der Waals surface area contributed by atoms with Crippen LogP contribution in [0.2, 0.25) is 0 Å². The van der Waals surface area contributed by atoms with Crippen molar-refractivity contribution < 1.29 is 8.42 Å². The molecule has 0 fully saturated rings. The fourth-order valence-electron chi connectivity index (χ4n) is 1.69. The molecule has 0 amide bonds. The molecule has 5 N–H and O–H groups in total. The lowest BCUT2D eigenvalue weighted by Crippen LogP contribution is -2.43. The van der Waals surface area contributed by atoms with Gasteiger partial charge in [0.05, 0.1) is 6.26 Å². The Hall–Kier alpha value is -0.850. The second kappa shape index (κ2) is 4.57. The molecule has 0 bridgehead atoms. The molecule has 0 spiro atoms. The molecule has 0 heterocycles. The van der Waals surface area contributed by atoms with Gasteiger partial charge in [-0.05, 0) is 31.4 Å². The van der Waals surface area contributed by atoms with Gasteiger partial charge >= 0.3 is 0 Å². The molecule has 16 heavy (non-hydrogen) atoms. The van der Waals surface area contributed by atoms with E-state index in [0.717, 1.165) is 17.5 Å². The molecule has 1 unspecified atom stereocenters. The average molecular weight is 245 g/mol. The predicted octanol–water partition coefficient (Wildman–Crippen LogP) is -0.184. The van der Waals surface area contributed by atoms with Gasteiger partial charge in [-0.3, -0.25) is 0 Å². The molecule has 1 aliphatic rings. The van der Waals surface area contributed by atoms with Crippen molar-refractivity contribution in [3.8, 4) is 0 Å². The van der Waals surface area contributed by atoms with Crippen molar-refractivity contribution in [3.05, 3.63) is 23.4 Å². The van der Waals surface area contributed by atoms with E-state index in [-0.39, 0.29) is 0 Å². The lowest BCUT2D eigenvalue weighted by molar-refractivity contribution is 0.470. The number of nitrogens with one attached hydrogen (secondary N) is 1. The summed E-state index contributed by atoms with van der Waals surface area (Å²) in [6.07, 6.45) is 6.00. The van der Waals surface area contributed by atoms with Crippen molar-refractivity contribution in [1.29, 1.82) is 0 Å². The first-order valence-electron chi connectivity index (χ1n) is 5.10. The molecular formula is C10H19N3O2S. The summed E-state index contributed by atoms with van der Waals surface area (Å²) < 4.78 is 24.2. The Morgan fingerprint density at radius 3 is 2.69 bits per heavy atom. The van der Waals surface area contributed by atoms with Gasteiger partial charge in [0.15, 0.2) is 0 Å². The minimum Gasteiger partial charge on any atom is -0.399 e. The molecule has 0 saturated carbocycles. The number of allylic oxidation sites excluding steroid dienone is 1. The van der Waals surface area contributed by atoms with Crippen LogP contribution in [-0.2, 0) is 10.0 Å². The maximum absolute atomic E-state index is 10.9. The smallest absolute Gasteiger partial charge is 0.208 e. The summed E-state index contributed by atoms with van der Waals surface area (Å²) in [4.78, 5) is 0. The predicted molar refractivity (Wildman–Crippen MR) is 65.0 cm³/mol. The summed E-state index contributed by atoms with van der Waals surface area (Å²) in [6.45, 7) is 2.28. The van der Waals surface area contributed by atoms with E-state index in [2.05, 4.69) is 4.72 Å². The Balaban J connectivity index is 2.53. The van der Waals surface area contributed by atoms with Gasteiger partial charge in [-0.15, -0.1) is 0 Å². The second-order valence-electron chi connectivity index (χ2n) is 4.40. The van der Waals surface area contributed by atoms with Crippen LogP contribution in [0.15, 0.2) is 23.4 Å². The number of hydrogen-bond acceptors (Lipinski definition) is 4. The van der Waals surface area contributed by atoms with Crippen LogP contribution in [0.5, 0.6) is 0 Å². The highest BCUT2D eigenvalue weighted by molar-refractivity contribution is 7.88. The van der Waals surface area contributed by atoms with Gasteiger partial charge in [0.2, 0.25) is 10.0 Å². The van der Waals surface area contributed by atoms with Crippen LogP contribution in [-0.4, -0.2) is 26.8 Å². The van der Waals surface area contributed by atoms with Crippen LogP contribution in [0, 0.1) is 0 Å². The van der Waals surface area contributed by atoms with E-state index in [9.17, 15) is 8.42 Å². The Kier molecular flexibility index (Phi) is 3.77. The summed E-state index contributed by atoms with van der Waals surface area (Å²) in [7, 11) is -3.14. The van der Waals surface area contributed by atoms with Crippen molar-refractivity contribution in [2.24, 2.45) is 11.5 Å². The lowest BCUT2D eigenvalue weighted by Gasteiger charge is -2.30. The van der Waals surface area contributed by atoms with Gasteiger partial charge < -0.3 is 11.5 Å². The zero-order chi connectivity index (χ0) is 12.4. The van der Waals surface area contributed by atoms with E-state index in [1.807, 2.05) is 13.0 Å². The second-order valence-corrected chi connectivity index (χ2v) is 6.23. The number of hydrogen-bond donors (Lipinski definition) is 3. The Labute approximate surface area is 96.6 Å². The third kappa shape index (κ3) is 3.96. The molecule has 5 nitrogen and oxygen atoms in total. The van der Waals surface area contributed by atoms with Gasteiger partial charge in [-0.1, -0.05) is 6.08 Å². The largest absolute Gasteiger partial charge is 0.399 e. The highest BCUT2D eigenvalue weighted by Gasteiger charge is 2.25. The van der Waals surface area contributed by atoms with Gasteiger partial charge in [-0.2, -0.15) is 0 Å². The summed E-state index contributed by atoms with van der Waals surface area (Å²) in [5, 5.41) is 0. The number of rotatable bonds is 4. The van der Waals surface area contributed by atoms with Crippen LogP contribution in [0.4, 0.5) is 0 Å². The Morgan fingerprint density at radius 2 is 2.19 bits per heavy atom. The molecule has 6 heteroatoms. The molecule has 0 aromatic carbocycles. The zero-order valence-electron chi connectivity index (χ0n) is 9.66. The van der Waals surface area contributed by atoms with Gasteiger partial charge in [0.1, 0.15) is 0 Å². The minimum atomic E-state index is -3.14. The van der Waals surface area contributed by atoms with Gasteiger partial charge in [0.25, 0.3) is 0 Å². The summed E-state index contributed by atoms with van der Waals surface area (Å²) in [5.41, 5.74) is 13.2. The minimum absolute atomic E-state index is 0.340. The summed E-state index contributed by atoms with van der Waals surface area (Å²) in [6, 6.07) is 0. The monoisotopic (exact) mass is 245 g/mol. The standard InChI is InChI=1S/C10H19N3O2S/c1-8-7-10(12,4-3-9(8)11)5-6-13-16(2,14)15/h3-4,13H,5-7,11-12H2,1-2H3. The molecule has 1 atom stereocenters. The first kappa shape index (κ1) is 13.2. The van der Waals surface area contributed by atoms with E-state index in [1.54, 1.807) is 6.08 Å². The first-order valence-corrected chi connectivity index (χ1v) is 6.99. The fraction of sp³-hybridized carbons (Fsp3) is 0.600.